The van der Waals surface area contributed by atoms with Crippen LogP contribution >= 0.6 is 0 Å². The summed E-state index contributed by atoms with van der Waals surface area (Å²) in [6, 6.07) is 1.80. The Kier molecular flexibility index (Phi) is 2.36. The molecule has 0 atom stereocenters. The topological polar surface area (TPSA) is 30.2 Å². The van der Waals surface area contributed by atoms with Crippen LogP contribution in [0.1, 0.15) is 48.6 Å². The van der Waals surface area contributed by atoms with Crippen LogP contribution in [-0.2, 0) is 0 Å². The summed E-state index contributed by atoms with van der Waals surface area (Å²) >= 11 is 0. The van der Waals surface area contributed by atoms with Crippen LogP contribution < -0.4 is 0 Å². The highest BCUT2D eigenvalue weighted by atomic mass is 16.3. The Labute approximate surface area is 72.6 Å². The number of rotatable bonds is 2. The van der Waals surface area contributed by atoms with Crippen LogP contribution in [-0.4, -0.2) is 5.78 Å². The molecule has 0 amide bonds. The minimum absolute atomic E-state index is 0.00926. The summed E-state index contributed by atoms with van der Waals surface area (Å²) in [7, 11) is 0. The normalized spacial score (nSPS) is 10.8. The molecule has 0 aliphatic heterocycles. The van der Waals surface area contributed by atoms with Crippen LogP contribution in [0, 0.1) is 6.92 Å². The summed E-state index contributed by atoms with van der Waals surface area (Å²) in [6.45, 7) is 7.58. The van der Waals surface area contributed by atoms with E-state index >= 15 is 0 Å². The van der Waals surface area contributed by atoms with Gasteiger partial charge < -0.3 is 4.42 Å². The predicted molar refractivity (Wildman–Crippen MR) is 47.5 cm³/mol. The molecule has 1 heterocycles. The third kappa shape index (κ3) is 1.58. The van der Waals surface area contributed by atoms with Gasteiger partial charge >= 0.3 is 0 Å². The van der Waals surface area contributed by atoms with Crippen molar-refractivity contribution in [3.63, 3.8) is 0 Å². The molecule has 0 aliphatic carbocycles. The van der Waals surface area contributed by atoms with E-state index in [0.717, 1.165) is 11.3 Å². The number of ketones is 1. The van der Waals surface area contributed by atoms with Gasteiger partial charge in [-0.3, -0.25) is 4.79 Å². The minimum Gasteiger partial charge on any atom is -0.457 e. The Morgan fingerprint density at radius 1 is 1.50 bits per heavy atom. The van der Waals surface area contributed by atoms with E-state index in [1.807, 2.05) is 6.92 Å². The van der Waals surface area contributed by atoms with E-state index in [4.69, 9.17) is 4.42 Å². The van der Waals surface area contributed by atoms with Gasteiger partial charge in [0.05, 0.1) is 0 Å². The summed E-state index contributed by atoms with van der Waals surface area (Å²) in [5.41, 5.74) is 1.07. The fourth-order valence-corrected chi connectivity index (χ4v) is 1.24. The maximum atomic E-state index is 10.9. The highest BCUT2D eigenvalue weighted by Crippen LogP contribution is 2.22. The Morgan fingerprint density at radius 2 is 2.08 bits per heavy atom. The number of carbonyl (C=O) groups is 1. The molecule has 0 fully saturated rings. The zero-order chi connectivity index (χ0) is 9.30. The summed E-state index contributed by atoms with van der Waals surface area (Å²) in [5.74, 6) is 1.72. The lowest BCUT2D eigenvalue weighted by Gasteiger charge is -1.99. The van der Waals surface area contributed by atoms with Crippen LogP contribution in [0.5, 0.6) is 0 Å². The standard InChI is InChI=1S/C10H14O2/c1-6(2)10-7(3)5-9(12-10)8(4)11/h5-6H,1-4H3. The molecule has 66 valence electrons. The first-order valence-corrected chi connectivity index (χ1v) is 4.13. The highest BCUT2D eigenvalue weighted by Gasteiger charge is 2.12. The summed E-state index contributed by atoms with van der Waals surface area (Å²) in [6.07, 6.45) is 0. The lowest BCUT2D eigenvalue weighted by molar-refractivity contribution is 0.0985. The van der Waals surface area contributed by atoms with Gasteiger partial charge in [0.1, 0.15) is 5.76 Å². The van der Waals surface area contributed by atoms with Gasteiger partial charge in [0.2, 0.25) is 0 Å². The second kappa shape index (κ2) is 3.13. The largest absolute Gasteiger partial charge is 0.457 e. The molecule has 0 unspecified atom stereocenters. The lowest BCUT2D eigenvalue weighted by atomic mass is 10.1. The molecule has 0 bridgehead atoms. The molecular weight excluding hydrogens is 152 g/mol. The first kappa shape index (κ1) is 9.04. The Morgan fingerprint density at radius 3 is 2.33 bits per heavy atom. The monoisotopic (exact) mass is 166 g/mol. The van der Waals surface area contributed by atoms with Crippen molar-refractivity contribution in [2.24, 2.45) is 0 Å². The average Bonchev–Trinajstić information content (AvgIpc) is 2.30. The molecule has 0 N–H and O–H groups in total. The van der Waals surface area contributed by atoms with Gasteiger partial charge in [-0.25, -0.2) is 0 Å². The van der Waals surface area contributed by atoms with E-state index in [1.165, 1.54) is 6.92 Å². The highest BCUT2D eigenvalue weighted by molar-refractivity contribution is 5.91. The van der Waals surface area contributed by atoms with Crippen molar-refractivity contribution in [1.82, 2.24) is 0 Å². The van der Waals surface area contributed by atoms with E-state index in [0.29, 0.717) is 11.7 Å². The predicted octanol–water partition coefficient (Wildman–Crippen LogP) is 2.91. The maximum absolute atomic E-state index is 10.9. The van der Waals surface area contributed by atoms with Crippen LogP contribution in [0.15, 0.2) is 10.5 Å². The van der Waals surface area contributed by atoms with Crippen molar-refractivity contribution < 1.29 is 9.21 Å². The number of Topliss-reactive ketones (excluding diaryl/α,β-unsaturated/α-hetero) is 1. The Hall–Kier alpha value is -1.05. The molecule has 0 spiro atoms. The van der Waals surface area contributed by atoms with Gasteiger partial charge in [0, 0.05) is 12.8 Å². The number of aryl methyl sites for hydroxylation is 1. The molecule has 2 heteroatoms. The van der Waals surface area contributed by atoms with E-state index in [-0.39, 0.29) is 5.78 Å². The first-order valence-electron chi connectivity index (χ1n) is 4.13. The molecular formula is C10H14O2. The average molecular weight is 166 g/mol. The smallest absolute Gasteiger partial charge is 0.194 e. The molecule has 0 radical (unpaired) electrons. The summed E-state index contributed by atoms with van der Waals surface area (Å²) in [4.78, 5) is 10.9. The van der Waals surface area contributed by atoms with E-state index in [2.05, 4.69) is 13.8 Å². The van der Waals surface area contributed by atoms with Crippen molar-refractivity contribution >= 4 is 5.78 Å². The fraction of sp³-hybridized carbons (Fsp3) is 0.500. The number of hydrogen-bond donors (Lipinski definition) is 0. The maximum Gasteiger partial charge on any atom is 0.194 e. The summed E-state index contributed by atoms with van der Waals surface area (Å²) in [5, 5.41) is 0. The van der Waals surface area contributed by atoms with Gasteiger partial charge in [0.25, 0.3) is 0 Å². The SMILES string of the molecule is CC(=O)c1cc(C)c(C(C)C)o1. The van der Waals surface area contributed by atoms with Crippen LogP contribution in [0.3, 0.4) is 0 Å². The van der Waals surface area contributed by atoms with Crippen LogP contribution in [0.4, 0.5) is 0 Å². The van der Waals surface area contributed by atoms with Gasteiger partial charge in [-0.15, -0.1) is 0 Å². The molecule has 0 saturated heterocycles. The Bertz CT molecular complexity index is 295. The molecule has 0 saturated carbocycles. The Balaban J connectivity index is 3.09. The third-order valence-corrected chi connectivity index (χ3v) is 1.83. The molecule has 1 aromatic heterocycles. The van der Waals surface area contributed by atoms with Gasteiger partial charge in [-0.05, 0) is 18.6 Å². The van der Waals surface area contributed by atoms with Crippen LogP contribution in [0.25, 0.3) is 0 Å². The minimum atomic E-state index is -0.00926. The van der Waals surface area contributed by atoms with Gasteiger partial charge in [-0.2, -0.15) is 0 Å². The molecule has 12 heavy (non-hydrogen) atoms. The molecule has 1 rings (SSSR count). The van der Waals surface area contributed by atoms with Gasteiger partial charge in [-0.1, -0.05) is 13.8 Å². The van der Waals surface area contributed by atoms with Crippen molar-refractivity contribution in [1.29, 1.82) is 0 Å². The second-order valence-corrected chi connectivity index (χ2v) is 3.37. The van der Waals surface area contributed by atoms with Crippen LogP contribution in [0.2, 0.25) is 0 Å². The fourth-order valence-electron chi connectivity index (χ4n) is 1.24. The zero-order valence-corrected chi connectivity index (χ0v) is 7.97. The van der Waals surface area contributed by atoms with Gasteiger partial charge in [0.15, 0.2) is 11.5 Å². The van der Waals surface area contributed by atoms with Crippen molar-refractivity contribution in [3.8, 4) is 0 Å². The first-order chi connectivity index (χ1) is 5.52. The number of furan rings is 1. The van der Waals surface area contributed by atoms with Crippen molar-refractivity contribution in [3.05, 3.63) is 23.2 Å². The van der Waals surface area contributed by atoms with Crippen molar-refractivity contribution in [2.75, 3.05) is 0 Å². The quantitative estimate of drug-likeness (QED) is 0.632. The molecule has 1 aromatic rings. The molecule has 0 aromatic carbocycles. The summed E-state index contributed by atoms with van der Waals surface area (Å²) < 4.78 is 5.39. The lowest BCUT2D eigenvalue weighted by Crippen LogP contribution is -1.87. The zero-order valence-electron chi connectivity index (χ0n) is 7.97. The molecule has 0 aliphatic rings. The molecule has 2 nitrogen and oxygen atoms in total. The second-order valence-electron chi connectivity index (χ2n) is 3.37. The van der Waals surface area contributed by atoms with E-state index in [1.54, 1.807) is 6.07 Å². The number of carbonyl (C=O) groups excluding carboxylic acids is 1. The number of hydrogen-bond acceptors (Lipinski definition) is 2. The van der Waals surface area contributed by atoms with E-state index in [9.17, 15) is 4.79 Å². The van der Waals surface area contributed by atoms with E-state index < -0.39 is 0 Å². The third-order valence-electron chi connectivity index (χ3n) is 1.83. The van der Waals surface area contributed by atoms with Crippen molar-refractivity contribution in [2.45, 2.75) is 33.6 Å².